The van der Waals surface area contributed by atoms with Gasteiger partial charge in [0.2, 0.25) is 0 Å². The highest BCUT2D eigenvalue weighted by atomic mass is 16.1. The average molecular weight is 526 g/mol. The standard InChI is InChI=1S/C32H39N5O2/c1-20(2)37-19-22(4)30-27(31(38)33-18-28-21(3)15-23(5)34-32(28)39)16-25(17-29(30)37)24-7-9-26(10-8-24)36-13-11-35(6)12-14-36/h7-10,15-17,19-20H,11-14,18H2,1-6H3,(H,33,38)(H,34,39). The van der Waals surface area contributed by atoms with Crippen molar-refractivity contribution in [1.82, 2.24) is 19.8 Å². The van der Waals surface area contributed by atoms with E-state index in [0.717, 1.165) is 65.0 Å². The van der Waals surface area contributed by atoms with Gasteiger partial charge in [0.05, 0.1) is 0 Å². The Balaban J connectivity index is 1.51. The summed E-state index contributed by atoms with van der Waals surface area (Å²) in [6.45, 7) is 14.5. The minimum atomic E-state index is -0.181. The second kappa shape index (κ2) is 10.7. The predicted octanol–water partition coefficient (Wildman–Crippen LogP) is 5.18. The van der Waals surface area contributed by atoms with Gasteiger partial charge in [-0.15, -0.1) is 0 Å². The van der Waals surface area contributed by atoms with Gasteiger partial charge in [0.25, 0.3) is 11.5 Å². The fraction of sp³-hybridized carbons (Fsp3) is 0.375. The molecule has 0 radical (unpaired) electrons. The van der Waals surface area contributed by atoms with Gasteiger partial charge in [-0.25, -0.2) is 0 Å². The molecule has 2 aromatic heterocycles. The van der Waals surface area contributed by atoms with E-state index < -0.39 is 0 Å². The Kier molecular flexibility index (Phi) is 7.36. The molecule has 4 aromatic rings. The van der Waals surface area contributed by atoms with Crippen LogP contribution in [0.5, 0.6) is 0 Å². The zero-order valence-corrected chi connectivity index (χ0v) is 23.9. The second-order valence-electron chi connectivity index (χ2n) is 11.2. The maximum atomic E-state index is 13.7. The number of amides is 1. The van der Waals surface area contributed by atoms with Crippen LogP contribution in [0.2, 0.25) is 0 Å². The fourth-order valence-electron chi connectivity index (χ4n) is 5.66. The van der Waals surface area contributed by atoms with E-state index in [9.17, 15) is 9.59 Å². The Morgan fingerprint density at radius 3 is 2.28 bits per heavy atom. The van der Waals surface area contributed by atoms with Gasteiger partial charge in [0.1, 0.15) is 0 Å². The number of nitrogens with one attached hydrogen (secondary N) is 2. The van der Waals surface area contributed by atoms with Crippen molar-refractivity contribution in [2.24, 2.45) is 0 Å². The Hall–Kier alpha value is -3.84. The lowest BCUT2D eigenvalue weighted by atomic mass is 9.97. The van der Waals surface area contributed by atoms with Crippen molar-refractivity contribution in [3.63, 3.8) is 0 Å². The van der Waals surface area contributed by atoms with Gasteiger partial charge in [0.15, 0.2) is 0 Å². The highest BCUT2D eigenvalue weighted by molar-refractivity contribution is 6.09. The number of nitrogens with zero attached hydrogens (tertiary/aromatic N) is 3. The second-order valence-corrected chi connectivity index (χ2v) is 11.2. The van der Waals surface area contributed by atoms with Crippen molar-refractivity contribution in [3.05, 3.63) is 87.0 Å². The molecule has 2 aromatic carbocycles. The Morgan fingerprint density at radius 1 is 0.949 bits per heavy atom. The van der Waals surface area contributed by atoms with Crippen LogP contribution in [0.1, 0.15) is 52.6 Å². The van der Waals surface area contributed by atoms with Crippen molar-refractivity contribution >= 4 is 22.5 Å². The van der Waals surface area contributed by atoms with E-state index in [1.54, 1.807) is 0 Å². The van der Waals surface area contributed by atoms with Crippen molar-refractivity contribution in [1.29, 1.82) is 0 Å². The molecule has 0 atom stereocenters. The van der Waals surface area contributed by atoms with Crippen LogP contribution in [-0.2, 0) is 6.54 Å². The number of hydrogen-bond acceptors (Lipinski definition) is 4. The number of carbonyl (C=O) groups is 1. The smallest absolute Gasteiger partial charge is 0.253 e. The van der Waals surface area contributed by atoms with Crippen LogP contribution in [0.4, 0.5) is 5.69 Å². The summed E-state index contributed by atoms with van der Waals surface area (Å²) in [5.41, 5.74) is 8.14. The number of rotatable bonds is 6. The van der Waals surface area contributed by atoms with Gasteiger partial charge < -0.3 is 24.7 Å². The number of aryl methyl sites for hydroxylation is 3. The monoisotopic (exact) mass is 525 g/mol. The highest BCUT2D eigenvalue weighted by Gasteiger charge is 2.20. The Bertz CT molecular complexity index is 1570. The van der Waals surface area contributed by atoms with E-state index in [-0.39, 0.29) is 24.1 Å². The molecule has 0 bridgehead atoms. The Labute approximate surface area is 230 Å². The van der Waals surface area contributed by atoms with Crippen LogP contribution in [0.25, 0.3) is 22.0 Å². The summed E-state index contributed by atoms with van der Waals surface area (Å²) in [5, 5.41) is 3.98. The van der Waals surface area contributed by atoms with E-state index in [1.165, 1.54) is 5.69 Å². The third-order valence-electron chi connectivity index (χ3n) is 7.91. The largest absolute Gasteiger partial charge is 0.369 e. The van der Waals surface area contributed by atoms with Crippen LogP contribution < -0.4 is 15.8 Å². The van der Waals surface area contributed by atoms with Gasteiger partial charge in [-0.05, 0) is 94.3 Å². The lowest BCUT2D eigenvalue weighted by Gasteiger charge is -2.34. The molecule has 7 nitrogen and oxygen atoms in total. The molecule has 1 fully saturated rings. The van der Waals surface area contributed by atoms with E-state index in [1.807, 2.05) is 26.0 Å². The molecule has 1 saturated heterocycles. The van der Waals surface area contributed by atoms with Crippen molar-refractivity contribution in [2.75, 3.05) is 38.1 Å². The fourth-order valence-corrected chi connectivity index (χ4v) is 5.66. The van der Waals surface area contributed by atoms with E-state index in [0.29, 0.717) is 11.1 Å². The molecule has 2 N–H and O–H groups in total. The quantitative estimate of drug-likeness (QED) is 0.364. The number of aromatic nitrogens is 2. The van der Waals surface area contributed by atoms with Crippen LogP contribution in [0.15, 0.2) is 53.5 Å². The third-order valence-corrected chi connectivity index (χ3v) is 7.91. The van der Waals surface area contributed by atoms with Crippen molar-refractivity contribution in [2.45, 2.75) is 47.2 Å². The molecular weight excluding hydrogens is 486 g/mol. The number of carbonyl (C=O) groups excluding carboxylic acids is 1. The van der Waals surface area contributed by atoms with Crippen LogP contribution in [0, 0.1) is 20.8 Å². The average Bonchev–Trinajstić information content (AvgIpc) is 3.24. The molecule has 0 unspecified atom stereocenters. The minimum Gasteiger partial charge on any atom is -0.369 e. The van der Waals surface area contributed by atoms with Crippen LogP contribution in [0.3, 0.4) is 0 Å². The molecule has 204 valence electrons. The van der Waals surface area contributed by atoms with Gasteiger partial charge in [0, 0.05) is 78.4 Å². The highest BCUT2D eigenvalue weighted by Crippen LogP contribution is 2.33. The van der Waals surface area contributed by atoms with Gasteiger partial charge in [-0.1, -0.05) is 12.1 Å². The Morgan fingerprint density at radius 2 is 1.64 bits per heavy atom. The zero-order valence-electron chi connectivity index (χ0n) is 23.9. The van der Waals surface area contributed by atoms with Crippen LogP contribution >= 0.6 is 0 Å². The van der Waals surface area contributed by atoms with E-state index in [4.69, 9.17) is 0 Å². The summed E-state index contributed by atoms with van der Waals surface area (Å²) < 4.78 is 2.23. The molecule has 0 spiro atoms. The number of likely N-dealkylation sites (N-methyl/N-ethyl adjacent to an activating group) is 1. The molecule has 5 rings (SSSR count). The number of aromatic amines is 1. The summed E-state index contributed by atoms with van der Waals surface area (Å²) in [7, 11) is 2.17. The molecule has 3 heterocycles. The number of piperazine rings is 1. The predicted molar refractivity (Wildman–Crippen MR) is 160 cm³/mol. The maximum Gasteiger partial charge on any atom is 0.253 e. The minimum absolute atomic E-state index is 0.158. The molecule has 7 heteroatoms. The maximum absolute atomic E-state index is 13.7. The van der Waals surface area contributed by atoms with E-state index >= 15 is 0 Å². The van der Waals surface area contributed by atoms with E-state index in [2.05, 4.69) is 89.0 Å². The number of pyridine rings is 1. The first-order valence-corrected chi connectivity index (χ1v) is 13.8. The van der Waals surface area contributed by atoms with Crippen molar-refractivity contribution < 1.29 is 4.79 Å². The van der Waals surface area contributed by atoms with Gasteiger partial charge in [-0.3, -0.25) is 9.59 Å². The van der Waals surface area contributed by atoms with Gasteiger partial charge >= 0.3 is 0 Å². The topological polar surface area (TPSA) is 73.4 Å². The third kappa shape index (κ3) is 5.36. The molecule has 0 saturated carbocycles. The lowest BCUT2D eigenvalue weighted by Crippen LogP contribution is -2.44. The van der Waals surface area contributed by atoms with Crippen LogP contribution in [-0.4, -0.2) is 53.6 Å². The summed E-state index contributed by atoms with van der Waals surface area (Å²) in [5.74, 6) is -0.181. The molecular formula is C32H39N5O2. The molecule has 1 amide bonds. The molecule has 1 aliphatic heterocycles. The molecule has 1 aliphatic rings. The zero-order chi connectivity index (χ0) is 27.8. The summed E-state index contributed by atoms with van der Waals surface area (Å²) in [6.07, 6.45) is 2.13. The number of benzene rings is 2. The summed E-state index contributed by atoms with van der Waals surface area (Å²) in [6, 6.07) is 15.0. The number of anilines is 1. The summed E-state index contributed by atoms with van der Waals surface area (Å²) >= 11 is 0. The molecule has 0 aliphatic carbocycles. The SMILES string of the molecule is Cc1cc(C)c(CNC(=O)c2cc(-c3ccc(N4CCN(C)CC4)cc3)cc3c2c(C)cn3C(C)C)c(=O)[nH]1. The number of H-pyrrole nitrogens is 1. The van der Waals surface area contributed by atoms with Gasteiger partial charge in [-0.2, -0.15) is 0 Å². The number of fused-ring (bicyclic) bond motifs is 1. The number of hydrogen-bond donors (Lipinski definition) is 2. The normalized spacial score (nSPS) is 14.4. The molecule has 39 heavy (non-hydrogen) atoms. The summed E-state index contributed by atoms with van der Waals surface area (Å²) in [4.78, 5) is 33.8. The van der Waals surface area contributed by atoms with Crippen molar-refractivity contribution in [3.8, 4) is 11.1 Å². The first-order valence-electron chi connectivity index (χ1n) is 13.8. The first-order chi connectivity index (χ1) is 18.6. The lowest BCUT2D eigenvalue weighted by molar-refractivity contribution is 0.0952. The first kappa shape index (κ1) is 26.8.